The SMILES string of the molecule is O=C1CC(NCC2Cc3cc(Cl)ccc3O2)CN1. The van der Waals surface area contributed by atoms with Crippen molar-refractivity contribution in [1.29, 1.82) is 0 Å². The Morgan fingerprint density at radius 1 is 1.44 bits per heavy atom. The van der Waals surface area contributed by atoms with Crippen molar-refractivity contribution in [1.82, 2.24) is 10.6 Å². The molecule has 1 fully saturated rings. The Hall–Kier alpha value is -1.26. The summed E-state index contributed by atoms with van der Waals surface area (Å²) < 4.78 is 5.82. The number of ether oxygens (including phenoxy) is 1. The van der Waals surface area contributed by atoms with Gasteiger partial charge in [-0.3, -0.25) is 4.79 Å². The van der Waals surface area contributed by atoms with Crippen molar-refractivity contribution in [2.75, 3.05) is 13.1 Å². The predicted octanol–water partition coefficient (Wildman–Crippen LogP) is 1.12. The maximum atomic E-state index is 11.1. The standard InChI is InChI=1S/C13H15ClN2O2/c14-9-1-2-12-8(3-9)4-11(18-12)7-15-10-5-13(17)16-6-10/h1-3,10-11,15H,4-7H2,(H,16,17). The zero-order chi connectivity index (χ0) is 12.5. The summed E-state index contributed by atoms with van der Waals surface area (Å²) in [5.74, 6) is 1.04. The first-order valence-electron chi connectivity index (χ1n) is 6.16. The number of nitrogens with one attached hydrogen (secondary N) is 2. The van der Waals surface area contributed by atoms with E-state index in [2.05, 4.69) is 10.6 Å². The van der Waals surface area contributed by atoms with Crippen LogP contribution in [0.5, 0.6) is 5.75 Å². The van der Waals surface area contributed by atoms with E-state index in [4.69, 9.17) is 16.3 Å². The van der Waals surface area contributed by atoms with Gasteiger partial charge in [0.2, 0.25) is 5.91 Å². The van der Waals surface area contributed by atoms with Crippen LogP contribution in [0.1, 0.15) is 12.0 Å². The molecule has 1 aromatic rings. The van der Waals surface area contributed by atoms with E-state index in [9.17, 15) is 4.79 Å². The predicted molar refractivity (Wildman–Crippen MR) is 69.0 cm³/mol. The lowest BCUT2D eigenvalue weighted by atomic mass is 10.1. The van der Waals surface area contributed by atoms with Crippen molar-refractivity contribution in [2.45, 2.75) is 25.0 Å². The number of amides is 1. The summed E-state index contributed by atoms with van der Waals surface area (Å²) in [4.78, 5) is 11.1. The smallest absolute Gasteiger partial charge is 0.221 e. The van der Waals surface area contributed by atoms with Crippen LogP contribution >= 0.6 is 11.6 Å². The molecule has 2 atom stereocenters. The third-order valence-corrected chi connectivity index (χ3v) is 3.61. The van der Waals surface area contributed by atoms with Crippen LogP contribution in [-0.4, -0.2) is 31.1 Å². The maximum absolute atomic E-state index is 11.1. The molecule has 2 aliphatic heterocycles. The van der Waals surface area contributed by atoms with Crippen molar-refractivity contribution < 1.29 is 9.53 Å². The van der Waals surface area contributed by atoms with Gasteiger partial charge in [-0.1, -0.05) is 11.6 Å². The van der Waals surface area contributed by atoms with E-state index in [1.165, 1.54) is 0 Å². The van der Waals surface area contributed by atoms with Crippen LogP contribution in [0.25, 0.3) is 0 Å². The minimum atomic E-state index is 0.120. The van der Waals surface area contributed by atoms with Crippen LogP contribution in [0, 0.1) is 0 Å². The summed E-state index contributed by atoms with van der Waals surface area (Å²) >= 11 is 5.95. The Morgan fingerprint density at radius 3 is 3.11 bits per heavy atom. The first-order chi connectivity index (χ1) is 8.70. The molecule has 96 valence electrons. The number of hydrogen-bond donors (Lipinski definition) is 2. The van der Waals surface area contributed by atoms with Crippen LogP contribution in [0.15, 0.2) is 18.2 Å². The van der Waals surface area contributed by atoms with Gasteiger partial charge in [0, 0.05) is 37.0 Å². The van der Waals surface area contributed by atoms with Gasteiger partial charge in [-0.05, 0) is 23.8 Å². The Morgan fingerprint density at radius 2 is 2.33 bits per heavy atom. The number of fused-ring (bicyclic) bond motifs is 1. The summed E-state index contributed by atoms with van der Waals surface area (Å²) in [6.07, 6.45) is 1.57. The Kier molecular flexibility index (Phi) is 3.14. The number of carbonyl (C=O) groups is 1. The maximum Gasteiger partial charge on any atom is 0.221 e. The van der Waals surface area contributed by atoms with E-state index in [0.29, 0.717) is 13.0 Å². The summed E-state index contributed by atoms with van der Waals surface area (Å²) in [6.45, 7) is 1.47. The molecule has 18 heavy (non-hydrogen) atoms. The fraction of sp³-hybridized carbons (Fsp3) is 0.462. The van der Waals surface area contributed by atoms with Crippen LogP contribution in [-0.2, 0) is 11.2 Å². The van der Waals surface area contributed by atoms with Crippen LogP contribution in [0.3, 0.4) is 0 Å². The van der Waals surface area contributed by atoms with Gasteiger partial charge in [-0.25, -0.2) is 0 Å². The van der Waals surface area contributed by atoms with Crippen molar-refractivity contribution in [3.63, 3.8) is 0 Å². The number of benzene rings is 1. The average molecular weight is 267 g/mol. The third-order valence-electron chi connectivity index (χ3n) is 3.38. The minimum absolute atomic E-state index is 0.120. The first kappa shape index (κ1) is 11.8. The zero-order valence-corrected chi connectivity index (χ0v) is 10.7. The molecule has 5 heteroatoms. The summed E-state index contributed by atoms with van der Waals surface area (Å²) in [5, 5.41) is 6.92. The monoisotopic (exact) mass is 266 g/mol. The van der Waals surface area contributed by atoms with Gasteiger partial charge in [0.25, 0.3) is 0 Å². The molecule has 2 aliphatic rings. The number of carbonyl (C=O) groups excluding carboxylic acids is 1. The normalized spacial score (nSPS) is 25.7. The van der Waals surface area contributed by atoms with Crippen molar-refractivity contribution >= 4 is 17.5 Å². The molecule has 0 bridgehead atoms. The molecule has 4 nitrogen and oxygen atoms in total. The Balaban J connectivity index is 1.53. The second-order valence-electron chi connectivity index (χ2n) is 4.81. The van der Waals surface area contributed by atoms with Gasteiger partial charge in [0.05, 0.1) is 0 Å². The fourth-order valence-electron chi connectivity index (χ4n) is 2.45. The second-order valence-corrected chi connectivity index (χ2v) is 5.25. The molecule has 0 aliphatic carbocycles. The van der Waals surface area contributed by atoms with Gasteiger partial charge in [0.15, 0.2) is 0 Å². The lowest BCUT2D eigenvalue weighted by molar-refractivity contribution is -0.119. The van der Waals surface area contributed by atoms with E-state index < -0.39 is 0 Å². The van der Waals surface area contributed by atoms with Crippen molar-refractivity contribution in [3.05, 3.63) is 28.8 Å². The summed E-state index contributed by atoms with van der Waals surface area (Å²) in [7, 11) is 0. The highest BCUT2D eigenvalue weighted by Gasteiger charge is 2.26. The van der Waals surface area contributed by atoms with Gasteiger partial charge >= 0.3 is 0 Å². The molecular formula is C13H15ClN2O2. The molecular weight excluding hydrogens is 252 g/mol. The lowest BCUT2D eigenvalue weighted by Crippen LogP contribution is -2.38. The fourth-order valence-corrected chi connectivity index (χ4v) is 2.65. The quantitative estimate of drug-likeness (QED) is 0.862. The highest BCUT2D eigenvalue weighted by Crippen LogP contribution is 2.30. The van der Waals surface area contributed by atoms with Crippen molar-refractivity contribution in [3.8, 4) is 5.75 Å². The average Bonchev–Trinajstić information content (AvgIpc) is 2.92. The molecule has 0 saturated carbocycles. The summed E-state index contributed by atoms with van der Waals surface area (Å²) in [6, 6.07) is 5.94. The largest absolute Gasteiger partial charge is 0.488 e. The van der Waals surface area contributed by atoms with E-state index in [-0.39, 0.29) is 18.1 Å². The van der Waals surface area contributed by atoms with Crippen molar-refractivity contribution in [2.24, 2.45) is 0 Å². The zero-order valence-electron chi connectivity index (χ0n) is 9.91. The molecule has 2 unspecified atom stereocenters. The minimum Gasteiger partial charge on any atom is -0.488 e. The van der Waals surface area contributed by atoms with Gasteiger partial charge in [-0.2, -0.15) is 0 Å². The molecule has 2 heterocycles. The molecule has 1 saturated heterocycles. The third kappa shape index (κ3) is 2.44. The van der Waals surface area contributed by atoms with Gasteiger partial charge in [0.1, 0.15) is 11.9 Å². The molecule has 0 radical (unpaired) electrons. The Bertz CT molecular complexity index is 478. The second kappa shape index (κ2) is 4.78. The molecule has 2 N–H and O–H groups in total. The van der Waals surface area contributed by atoms with E-state index in [0.717, 1.165) is 29.3 Å². The van der Waals surface area contributed by atoms with Gasteiger partial charge < -0.3 is 15.4 Å². The topological polar surface area (TPSA) is 50.4 Å². The first-order valence-corrected chi connectivity index (χ1v) is 6.53. The summed E-state index contributed by atoms with van der Waals surface area (Å²) in [5.41, 5.74) is 1.16. The molecule has 0 aromatic heterocycles. The highest BCUT2D eigenvalue weighted by molar-refractivity contribution is 6.30. The van der Waals surface area contributed by atoms with E-state index in [1.807, 2.05) is 18.2 Å². The van der Waals surface area contributed by atoms with Crippen LogP contribution < -0.4 is 15.4 Å². The molecule has 1 aromatic carbocycles. The Labute approximate surface area is 111 Å². The van der Waals surface area contributed by atoms with E-state index in [1.54, 1.807) is 0 Å². The number of rotatable bonds is 3. The molecule has 1 amide bonds. The number of hydrogen-bond acceptors (Lipinski definition) is 3. The van der Waals surface area contributed by atoms with Crippen LogP contribution in [0.2, 0.25) is 5.02 Å². The molecule has 3 rings (SSSR count). The molecule has 0 spiro atoms. The van der Waals surface area contributed by atoms with Gasteiger partial charge in [-0.15, -0.1) is 0 Å². The lowest BCUT2D eigenvalue weighted by Gasteiger charge is -2.15. The number of halogens is 1. The van der Waals surface area contributed by atoms with Crippen LogP contribution in [0.4, 0.5) is 0 Å². The highest BCUT2D eigenvalue weighted by atomic mass is 35.5. The van der Waals surface area contributed by atoms with E-state index >= 15 is 0 Å².